The van der Waals surface area contributed by atoms with Gasteiger partial charge in [-0.1, -0.05) is 65.7 Å². The van der Waals surface area contributed by atoms with Gasteiger partial charge in [-0.25, -0.2) is 0 Å². The Kier molecular flexibility index (Phi) is 6.66. The second-order valence-electron chi connectivity index (χ2n) is 8.60. The van der Waals surface area contributed by atoms with E-state index in [-0.39, 0.29) is 6.54 Å². The van der Waals surface area contributed by atoms with Gasteiger partial charge in [-0.2, -0.15) is 0 Å². The van der Waals surface area contributed by atoms with Crippen molar-refractivity contribution >= 4 is 17.6 Å². The summed E-state index contributed by atoms with van der Waals surface area (Å²) in [6, 6.07) is 23.0. The third-order valence-electron chi connectivity index (χ3n) is 6.18. The van der Waals surface area contributed by atoms with Gasteiger partial charge in [0.25, 0.3) is 0 Å². The van der Waals surface area contributed by atoms with Crippen molar-refractivity contribution in [2.75, 3.05) is 20.1 Å². The number of aryl methyl sites for hydroxylation is 1. The van der Waals surface area contributed by atoms with E-state index in [9.17, 15) is 4.79 Å². The van der Waals surface area contributed by atoms with E-state index in [0.29, 0.717) is 18.2 Å². The molecule has 3 aromatic rings. The average molecular weight is 450 g/mol. The predicted molar refractivity (Wildman–Crippen MR) is 128 cm³/mol. The van der Waals surface area contributed by atoms with Crippen molar-refractivity contribution in [3.8, 4) is 11.1 Å². The number of rotatable bonds is 8. The Labute approximate surface area is 194 Å². The summed E-state index contributed by atoms with van der Waals surface area (Å²) in [5.41, 5.74) is 6.50. The van der Waals surface area contributed by atoms with Crippen LogP contribution in [0.2, 0.25) is 5.02 Å². The highest BCUT2D eigenvalue weighted by atomic mass is 35.5. The molecule has 0 bridgehead atoms. The maximum absolute atomic E-state index is 11.0. The van der Waals surface area contributed by atoms with Gasteiger partial charge in [-0.15, -0.1) is 0 Å². The topological polar surface area (TPSA) is 49.8 Å². The maximum Gasteiger partial charge on any atom is 0.317 e. The zero-order valence-electron chi connectivity index (χ0n) is 18.5. The molecule has 1 heterocycles. The minimum Gasteiger partial charge on any atom is -0.480 e. The number of hydrogen-bond acceptors (Lipinski definition) is 3. The lowest BCUT2D eigenvalue weighted by Crippen LogP contribution is -2.31. The summed E-state index contributed by atoms with van der Waals surface area (Å²) in [6.45, 7) is 3.35. The third-order valence-corrected chi connectivity index (χ3v) is 6.44. The fourth-order valence-corrected chi connectivity index (χ4v) is 4.65. The largest absolute Gasteiger partial charge is 0.480 e. The van der Waals surface area contributed by atoms with E-state index in [1.807, 2.05) is 36.2 Å². The molecule has 166 valence electrons. The summed E-state index contributed by atoms with van der Waals surface area (Å²) in [5.74, 6) is -0.814. The molecule has 3 aromatic carbocycles. The van der Waals surface area contributed by atoms with E-state index in [2.05, 4.69) is 49.4 Å². The van der Waals surface area contributed by atoms with Crippen molar-refractivity contribution in [1.82, 2.24) is 4.90 Å². The maximum atomic E-state index is 11.0. The molecular weight excluding hydrogens is 422 g/mol. The molecule has 0 aliphatic carbocycles. The number of ether oxygens (including phenoxy) is 1. The van der Waals surface area contributed by atoms with Crippen molar-refractivity contribution in [2.45, 2.75) is 32.0 Å². The number of carboxylic acid groups (broad SMARTS) is 1. The minimum absolute atomic E-state index is 0.0330. The quantitative estimate of drug-likeness (QED) is 0.466. The van der Waals surface area contributed by atoms with Crippen molar-refractivity contribution < 1.29 is 14.6 Å². The molecule has 0 spiro atoms. The van der Waals surface area contributed by atoms with Crippen molar-refractivity contribution in [3.05, 3.63) is 94.0 Å². The second kappa shape index (κ2) is 9.45. The molecule has 0 saturated heterocycles. The van der Waals surface area contributed by atoms with Crippen LogP contribution < -0.4 is 0 Å². The van der Waals surface area contributed by atoms with Crippen LogP contribution >= 0.6 is 11.6 Å². The molecule has 1 atom stereocenters. The van der Waals surface area contributed by atoms with Gasteiger partial charge in [0.1, 0.15) is 5.60 Å². The Bertz CT molecular complexity index is 1090. The van der Waals surface area contributed by atoms with Crippen LogP contribution in [0.4, 0.5) is 0 Å². The number of fused-ring (bicyclic) bond motifs is 1. The van der Waals surface area contributed by atoms with E-state index in [1.54, 1.807) is 0 Å². The van der Waals surface area contributed by atoms with Crippen molar-refractivity contribution in [1.29, 1.82) is 0 Å². The molecule has 0 aromatic heterocycles. The van der Waals surface area contributed by atoms with Crippen LogP contribution in [-0.4, -0.2) is 36.1 Å². The number of aliphatic carboxylic acids is 1. The molecule has 1 aliphatic heterocycles. The van der Waals surface area contributed by atoms with Gasteiger partial charge in [0.05, 0.1) is 13.2 Å². The first-order valence-corrected chi connectivity index (χ1v) is 11.3. The number of nitrogens with zero attached hydrogens (tertiary/aromatic N) is 1. The average Bonchev–Trinajstić information content (AvgIpc) is 3.13. The molecule has 4 nitrogen and oxygen atoms in total. The van der Waals surface area contributed by atoms with Crippen LogP contribution in [0.25, 0.3) is 11.1 Å². The van der Waals surface area contributed by atoms with Gasteiger partial charge >= 0.3 is 5.97 Å². The van der Waals surface area contributed by atoms with Gasteiger partial charge in [-0.05, 0) is 79.4 Å². The highest BCUT2D eigenvalue weighted by Gasteiger charge is 2.41. The number of carboxylic acids is 1. The number of halogens is 1. The summed E-state index contributed by atoms with van der Waals surface area (Å²) < 4.78 is 6.53. The molecule has 0 fully saturated rings. The number of benzene rings is 3. The molecule has 0 saturated carbocycles. The van der Waals surface area contributed by atoms with Crippen molar-refractivity contribution in [2.24, 2.45) is 0 Å². The fraction of sp³-hybridized carbons (Fsp3) is 0.296. The van der Waals surface area contributed by atoms with E-state index in [4.69, 9.17) is 21.4 Å². The summed E-state index contributed by atoms with van der Waals surface area (Å²) in [7, 11) is 1.83. The first kappa shape index (κ1) is 22.5. The lowest BCUT2D eigenvalue weighted by atomic mass is 9.81. The lowest BCUT2D eigenvalue weighted by Gasteiger charge is -2.31. The lowest BCUT2D eigenvalue weighted by molar-refractivity contribution is -0.138. The first-order chi connectivity index (χ1) is 15.4. The van der Waals surface area contributed by atoms with E-state index < -0.39 is 11.6 Å². The smallest absolute Gasteiger partial charge is 0.317 e. The van der Waals surface area contributed by atoms with Crippen LogP contribution in [0.15, 0.2) is 66.7 Å². The van der Waals surface area contributed by atoms with Gasteiger partial charge in [0.15, 0.2) is 0 Å². The Morgan fingerprint density at radius 1 is 1.06 bits per heavy atom. The molecule has 0 amide bonds. The summed E-state index contributed by atoms with van der Waals surface area (Å²) in [6.07, 6.45) is 1.57. The van der Waals surface area contributed by atoms with Gasteiger partial charge < -0.3 is 9.84 Å². The van der Waals surface area contributed by atoms with Crippen molar-refractivity contribution in [3.63, 3.8) is 0 Å². The molecule has 1 unspecified atom stereocenters. The van der Waals surface area contributed by atoms with Crippen LogP contribution in [0.1, 0.15) is 35.1 Å². The van der Waals surface area contributed by atoms with Crippen LogP contribution in [-0.2, 0) is 21.7 Å². The SMILES string of the molecule is Cc1ccc(-c2ccc3c(c2)COC3(CCCN(C)CC(=O)O)c2ccc(Cl)cc2)cc1. The minimum atomic E-state index is -0.814. The summed E-state index contributed by atoms with van der Waals surface area (Å²) in [5, 5.41) is 9.73. The monoisotopic (exact) mass is 449 g/mol. The zero-order valence-corrected chi connectivity index (χ0v) is 19.2. The summed E-state index contributed by atoms with van der Waals surface area (Å²) >= 11 is 6.15. The zero-order chi connectivity index (χ0) is 22.7. The molecule has 1 aliphatic rings. The highest BCUT2D eigenvalue weighted by Crippen LogP contribution is 2.46. The molecule has 32 heavy (non-hydrogen) atoms. The van der Waals surface area contributed by atoms with E-state index in [0.717, 1.165) is 18.4 Å². The third kappa shape index (κ3) is 4.73. The first-order valence-electron chi connectivity index (χ1n) is 10.9. The van der Waals surface area contributed by atoms with Gasteiger partial charge in [0.2, 0.25) is 0 Å². The van der Waals surface area contributed by atoms with E-state index in [1.165, 1.54) is 27.8 Å². The van der Waals surface area contributed by atoms with Gasteiger partial charge in [-0.3, -0.25) is 9.69 Å². The van der Waals surface area contributed by atoms with Gasteiger partial charge in [0, 0.05) is 5.02 Å². The molecule has 0 radical (unpaired) electrons. The molecular formula is C27H28ClNO3. The Hall–Kier alpha value is -2.66. The fourth-order valence-electron chi connectivity index (χ4n) is 4.53. The van der Waals surface area contributed by atoms with Crippen LogP contribution in [0, 0.1) is 6.92 Å². The van der Waals surface area contributed by atoms with E-state index >= 15 is 0 Å². The second-order valence-corrected chi connectivity index (χ2v) is 9.03. The molecule has 1 N–H and O–H groups in total. The number of carbonyl (C=O) groups is 1. The Morgan fingerprint density at radius 2 is 1.75 bits per heavy atom. The summed E-state index contributed by atoms with van der Waals surface area (Å²) in [4.78, 5) is 12.8. The Morgan fingerprint density at radius 3 is 2.44 bits per heavy atom. The number of likely N-dealkylation sites (N-methyl/N-ethyl adjacent to an activating group) is 1. The molecule has 4 rings (SSSR count). The van der Waals surface area contributed by atoms with Crippen LogP contribution in [0.5, 0.6) is 0 Å². The highest BCUT2D eigenvalue weighted by molar-refractivity contribution is 6.30. The standard InChI is InChI=1S/C27H28ClNO3/c1-19-4-6-20(7-5-19)21-8-13-25-22(16-21)18-32-27(25,23-9-11-24(28)12-10-23)14-3-15-29(2)17-26(30)31/h4-13,16H,3,14-15,17-18H2,1-2H3,(H,30,31). The van der Waals surface area contributed by atoms with Crippen LogP contribution in [0.3, 0.4) is 0 Å². The Balaban J connectivity index is 1.65. The normalized spacial score (nSPS) is 17.5. The molecule has 5 heteroatoms. The number of hydrogen-bond donors (Lipinski definition) is 1. The predicted octanol–water partition coefficient (Wildman–Crippen LogP) is 5.89.